The zero-order valence-electron chi connectivity index (χ0n) is 15.4. The molecule has 4 aromatic carbocycles. The smallest absolute Gasteiger partial charge is 0.00735 e. The zero-order valence-corrected chi connectivity index (χ0v) is 15.4. The van der Waals surface area contributed by atoms with E-state index in [2.05, 4.69) is 91.9 Å². The fraction of sp³-hybridized carbons (Fsp3) is 0.111. The number of rotatable bonds is 1. The molecule has 1 unspecified atom stereocenters. The van der Waals surface area contributed by atoms with Gasteiger partial charge in [0.05, 0.1) is 0 Å². The quantitative estimate of drug-likeness (QED) is 0.305. The molecular weight excluding hydrogens is 324 g/mol. The molecule has 0 heterocycles. The number of hydrogen-bond donors (Lipinski definition) is 0. The van der Waals surface area contributed by atoms with E-state index in [9.17, 15) is 0 Å². The van der Waals surface area contributed by atoms with Crippen molar-refractivity contribution in [2.75, 3.05) is 0 Å². The molecule has 1 atom stereocenters. The highest BCUT2D eigenvalue weighted by molar-refractivity contribution is 5.84. The van der Waals surface area contributed by atoms with E-state index in [1.165, 1.54) is 55.6 Å². The van der Waals surface area contributed by atoms with Gasteiger partial charge in [0.25, 0.3) is 0 Å². The van der Waals surface area contributed by atoms with E-state index < -0.39 is 0 Å². The molecule has 2 aliphatic rings. The average Bonchev–Trinajstić information content (AvgIpc) is 3.23. The summed E-state index contributed by atoms with van der Waals surface area (Å²) in [5.41, 5.74) is 14.1. The summed E-state index contributed by atoms with van der Waals surface area (Å²) >= 11 is 0. The van der Waals surface area contributed by atoms with E-state index in [-0.39, 0.29) is 0 Å². The molecule has 0 bridgehead atoms. The highest BCUT2D eigenvalue weighted by atomic mass is 14.3. The second-order valence-corrected chi connectivity index (χ2v) is 7.82. The van der Waals surface area contributed by atoms with Crippen molar-refractivity contribution in [3.05, 3.63) is 107 Å². The standard InChI is InChI=1S/C27H20/c1-17-22-7-4-5-9-25(22)26-13-11-19(16-27(17)26)18-10-12-24-21(14-18)15-20-6-2-3-8-23(20)24/h2-14,16-17H,15H2,1H3. The van der Waals surface area contributed by atoms with E-state index in [0.717, 1.165) is 6.42 Å². The summed E-state index contributed by atoms with van der Waals surface area (Å²) in [7, 11) is 0. The minimum absolute atomic E-state index is 0.467. The molecule has 0 aliphatic heterocycles. The Morgan fingerprint density at radius 1 is 0.556 bits per heavy atom. The molecule has 0 fully saturated rings. The minimum atomic E-state index is 0.467. The topological polar surface area (TPSA) is 0 Å². The fourth-order valence-corrected chi connectivity index (χ4v) is 4.96. The maximum absolute atomic E-state index is 2.41. The summed E-state index contributed by atoms with van der Waals surface area (Å²) in [5, 5.41) is 0. The van der Waals surface area contributed by atoms with Gasteiger partial charge >= 0.3 is 0 Å². The highest BCUT2D eigenvalue weighted by Gasteiger charge is 2.25. The van der Waals surface area contributed by atoms with Crippen LogP contribution in [0.4, 0.5) is 0 Å². The van der Waals surface area contributed by atoms with Crippen LogP contribution in [0.1, 0.15) is 35.1 Å². The van der Waals surface area contributed by atoms with Crippen molar-refractivity contribution in [3.8, 4) is 33.4 Å². The third-order valence-corrected chi connectivity index (χ3v) is 6.36. The monoisotopic (exact) mass is 344 g/mol. The van der Waals surface area contributed by atoms with Crippen molar-refractivity contribution in [1.29, 1.82) is 0 Å². The van der Waals surface area contributed by atoms with Crippen LogP contribution in [-0.4, -0.2) is 0 Å². The Morgan fingerprint density at radius 2 is 1.19 bits per heavy atom. The summed E-state index contributed by atoms with van der Waals surface area (Å²) in [6.45, 7) is 2.33. The Morgan fingerprint density at radius 3 is 2.07 bits per heavy atom. The molecule has 0 radical (unpaired) electrons. The third kappa shape index (κ3) is 2.10. The first kappa shape index (κ1) is 15.0. The van der Waals surface area contributed by atoms with E-state index in [1.807, 2.05) is 0 Å². The summed E-state index contributed by atoms with van der Waals surface area (Å²) in [5.74, 6) is 0.467. The first-order valence-corrected chi connectivity index (χ1v) is 9.74. The third-order valence-electron chi connectivity index (χ3n) is 6.36. The number of hydrogen-bond acceptors (Lipinski definition) is 0. The largest absolute Gasteiger partial charge is 0.0619 e. The van der Waals surface area contributed by atoms with Crippen LogP contribution in [0.5, 0.6) is 0 Å². The Balaban J connectivity index is 1.44. The van der Waals surface area contributed by atoms with Gasteiger partial charge in [0.2, 0.25) is 0 Å². The van der Waals surface area contributed by atoms with Gasteiger partial charge in [0.1, 0.15) is 0 Å². The summed E-state index contributed by atoms with van der Waals surface area (Å²) in [6.07, 6.45) is 1.05. The molecule has 2 aliphatic carbocycles. The van der Waals surface area contributed by atoms with Gasteiger partial charge in [-0.1, -0.05) is 85.8 Å². The molecule has 0 aromatic heterocycles. The predicted octanol–water partition coefficient (Wildman–Crippen LogP) is 7.06. The van der Waals surface area contributed by atoms with Crippen molar-refractivity contribution in [1.82, 2.24) is 0 Å². The lowest BCUT2D eigenvalue weighted by Gasteiger charge is -2.10. The van der Waals surface area contributed by atoms with E-state index >= 15 is 0 Å². The number of benzene rings is 4. The molecule has 0 nitrogen and oxygen atoms in total. The van der Waals surface area contributed by atoms with Crippen LogP contribution < -0.4 is 0 Å². The van der Waals surface area contributed by atoms with Crippen LogP contribution in [0, 0.1) is 0 Å². The molecule has 0 saturated heterocycles. The van der Waals surface area contributed by atoms with E-state index in [1.54, 1.807) is 0 Å². The molecule has 0 saturated carbocycles. The Labute approximate surface area is 160 Å². The van der Waals surface area contributed by atoms with Gasteiger partial charge in [-0.05, 0) is 68.1 Å². The van der Waals surface area contributed by atoms with Crippen LogP contribution >= 0.6 is 0 Å². The predicted molar refractivity (Wildman–Crippen MR) is 113 cm³/mol. The lowest BCUT2D eigenvalue weighted by molar-refractivity contribution is 0.957. The Hall–Kier alpha value is -3.12. The first-order chi connectivity index (χ1) is 13.3. The Bertz CT molecular complexity index is 1210. The van der Waals surface area contributed by atoms with Gasteiger partial charge < -0.3 is 0 Å². The molecule has 0 spiro atoms. The van der Waals surface area contributed by atoms with Crippen molar-refractivity contribution >= 4 is 0 Å². The van der Waals surface area contributed by atoms with E-state index in [4.69, 9.17) is 0 Å². The fourth-order valence-electron chi connectivity index (χ4n) is 4.96. The normalized spacial score (nSPS) is 15.8. The molecular formula is C27H20. The second-order valence-electron chi connectivity index (χ2n) is 7.82. The Kier molecular flexibility index (Phi) is 3.02. The maximum Gasteiger partial charge on any atom is 0.00735 e. The number of fused-ring (bicyclic) bond motifs is 6. The molecule has 6 rings (SSSR count). The lowest BCUT2D eigenvalue weighted by Crippen LogP contribution is -1.90. The molecule has 0 N–H and O–H groups in total. The highest BCUT2D eigenvalue weighted by Crippen LogP contribution is 2.46. The van der Waals surface area contributed by atoms with Gasteiger partial charge in [-0.2, -0.15) is 0 Å². The lowest BCUT2D eigenvalue weighted by atomic mass is 9.94. The van der Waals surface area contributed by atoms with Crippen LogP contribution in [0.25, 0.3) is 33.4 Å². The summed E-state index contributed by atoms with van der Waals surface area (Å²) in [4.78, 5) is 0. The molecule has 0 heteroatoms. The molecule has 0 amide bonds. The van der Waals surface area contributed by atoms with Crippen LogP contribution in [0.3, 0.4) is 0 Å². The zero-order chi connectivity index (χ0) is 18.0. The van der Waals surface area contributed by atoms with Gasteiger partial charge in [-0.25, -0.2) is 0 Å². The van der Waals surface area contributed by atoms with Gasteiger partial charge in [0.15, 0.2) is 0 Å². The van der Waals surface area contributed by atoms with Crippen molar-refractivity contribution in [2.45, 2.75) is 19.3 Å². The van der Waals surface area contributed by atoms with Crippen molar-refractivity contribution < 1.29 is 0 Å². The SMILES string of the molecule is CC1c2ccccc2-c2ccc(-c3ccc4c(c3)Cc3ccccc3-4)cc21. The van der Waals surface area contributed by atoms with Crippen LogP contribution in [0.15, 0.2) is 84.9 Å². The van der Waals surface area contributed by atoms with Crippen LogP contribution in [-0.2, 0) is 6.42 Å². The van der Waals surface area contributed by atoms with Crippen molar-refractivity contribution in [3.63, 3.8) is 0 Å². The summed E-state index contributed by atoms with van der Waals surface area (Å²) in [6, 6.07) is 31.6. The summed E-state index contributed by atoms with van der Waals surface area (Å²) < 4.78 is 0. The molecule has 27 heavy (non-hydrogen) atoms. The van der Waals surface area contributed by atoms with Gasteiger partial charge in [0, 0.05) is 5.92 Å². The molecule has 128 valence electrons. The first-order valence-electron chi connectivity index (χ1n) is 9.74. The van der Waals surface area contributed by atoms with E-state index in [0.29, 0.717) is 5.92 Å². The maximum atomic E-state index is 2.41. The van der Waals surface area contributed by atoms with Crippen LogP contribution in [0.2, 0.25) is 0 Å². The van der Waals surface area contributed by atoms with Crippen molar-refractivity contribution in [2.24, 2.45) is 0 Å². The second kappa shape index (κ2) is 5.44. The van der Waals surface area contributed by atoms with Gasteiger partial charge in [-0.15, -0.1) is 0 Å². The minimum Gasteiger partial charge on any atom is -0.0619 e. The molecule has 4 aromatic rings. The average molecular weight is 344 g/mol. The van der Waals surface area contributed by atoms with Gasteiger partial charge in [-0.3, -0.25) is 0 Å².